The average molecular weight is 524 g/mol. The summed E-state index contributed by atoms with van der Waals surface area (Å²) in [6.45, 7) is 8.20. The number of urea groups is 1. The number of hydrogen-bond donors (Lipinski definition) is 2. The Balaban J connectivity index is 1.56. The summed E-state index contributed by atoms with van der Waals surface area (Å²) in [7, 11) is 1.37. The molecule has 38 heavy (non-hydrogen) atoms. The summed E-state index contributed by atoms with van der Waals surface area (Å²) >= 11 is 0. The molecule has 9 nitrogen and oxygen atoms in total. The van der Waals surface area contributed by atoms with Gasteiger partial charge in [0.15, 0.2) is 0 Å². The van der Waals surface area contributed by atoms with Gasteiger partial charge in [0.1, 0.15) is 0 Å². The smallest absolute Gasteiger partial charge is 0.411 e. The highest BCUT2D eigenvalue weighted by Crippen LogP contribution is 2.34. The van der Waals surface area contributed by atoms with Crippen LogP contribution in [0.5, 0.6) is 0 Å². The minimum atomic E-state index is -0.486. The lowest BCUT2D eigenvalue weighted by Crippen LogP contribution is -2.48. The van der Waals surface area contributed by atoms with Crippen LogP contribution in [0.3, 0.4) is 0 Å². The topological polar surface area (TPSA) is 100 Å². The van der Waals surface area contributed by atoms with Crippen LogP contribution in [0.25, 0.3) is 11.1 Å². The van der Waals surface area contributed by atoms with E-state index in [0.29, 0.717) is 51.9 Å². The fourth-order valence-electron chi connectivity index (χ4n) is 5.05. The summed E-state index contributed by atoms with van der Waals surface area (Å²) < 4.78 is 10.3. The molecule has 2 aliphatic heterocycles. The lowest BCUT2D eigenvalue weighted by Gasteiger charge is -2.33. The first-order valence-corrected chi connectivity index (χ1v) is 13.6. The van der Waals surface area contributed by atoms with Gasteiger partial charge in [0.05, 0.1) is 31.7 Å². The van der Waals surface area contributed by atoms with Gasteiger partial charge in [0.2, 0.25) is 0 Å². The van der Waals surface area contributed by atoms with Gasteiger partial charge in [-0.2, -0.15) is 0 Å². The third-order valence-electron chi connectivity index (χ3n) is 7.36. The summed E-state index contributed by atoms with van der Waals surface area (Å²) in [6.07, 6.45) is 2.52. The molecule has 206 valence electrons. The third-order valence-corrected chi connectivity index (χ3v) is 7.36. The number of hydrogen-bond acceptors (Lipinski definition) is 6. The molecule has 4 rings (SSSR count). The number of ether oxygens (including phenoxy) is 2. The molecule has 0 bridgehead atoms. The Hall–Kier alpha value is -3.30. The van der Waals surface area contributed by atoms with Crippen molar-refractivity contribution >= 4 is 23.5 Å². The third kappa shape index (κ3) is 7.17. The van der Waals surface area contributed by atoms with Crippen LogP contribution in [-0.4, -0.2) is 81.5 Å². The number of methoxy groups -OCH3 is 1. The number of carbonyl (C=O) groups is 2. The Labute approximate surface area is 225 Å². The van der Waals surface area contributed by atoms with Gasteiger partial charge in [-0.1, -0.05) is 31.2 Å². The Morgan fingerprint density at radius 1 is 1.08 bits per heavy atom. The van der Waals surface area contributed by atoms with Gasteiger partial charge < -0.3 is 29.9 Å². The number of anilines is 2. The van der Waals surface area contributed by atoms with Gasteiger partial charge in [-0.15, -0.1) is 0 Å². The number of piperidine rings is 1. The minimum absolute atomic E-state index is 0.0249. The van der Waals surface area contributed by atoms with Crippen LogP contribution in [0.15, 0.2) is 42.5 Å². The summed E-state index contributed by atoms with van der Waals surface area (Å²) in [5.74, 6) is 0.713. The van der Waals surface area contributed by atoms with Crippen LogP contribution in [0.2, 0.25) is 0 Å². The number of morpholine rings is 1. The largest absolute Gasteiger partial charge is 0.453 e. The van der Waals surface area contributed by atoms with E-state index in [1.807, 2.05) is 28.0 Å². The zero-order chi connectivity index (χ0) is 26.9. The molecule has 0 radical (unpaired) electrons. The van der Waals surface area contributed by atoms with Crippen LogP contribution in [0, 0.1) is 5.92 Å². The molecule has 9 heteroatoms. The van der Waals surface area contributed by atoms with Crippen LogP contribution < -0.4 is 16.0 Å². The Morgan fingerprint density at radius 3 is 2.53 bits per heavy atom. The van der Waals surface area contributed by atoms with Crippen molar-refractivity contribution in [3.8, 4) is 11.1 Å². The molecule has 0 spiro atoms. The van der Waals surface area contributed by atoms with E-state index >= 15 is 0 Å². The molecule has 3 N–H and O–H groups in total. The molecule has 0 atom stereocenters. The second-order valence-electron chi connectivity index (χ2n) is 10.2. The fraction of sp³-hybridized carbons (Fsp3) is 0.517. The van der Waals surface area contributed by atoms with Crippen LogP contribution in [0.1, 0.15) is 31.7 Å². The minimum Gasteiger partial charge on any atom is -0.453 e. The number of nitrogens with one attached hydrogen (secondary N) is 1. The van der Waals surface area contributed by atoms with E-state index in [0.717, 1.165) is 60.4 Å². The molecule has 2 heterocycles. The number of benzene rings is 2. The quantitative estimate of drug-likeness (QED) is 0.533. The van der Waals surface area contributed by atoms with E-state index in [1.54, 1.807) is 0 Å². The van der Waals surface area contributed by atoms with Crippen LogP contribution >= 0.6 is 0 Å². The maximum absolute atomic E-state index is 13.2. The van der Waals surface area contributed by atoms with Gasteiger partial charge in [-0.25, -0.2) is 9.59 Å². The number of nitrogens with two attached hydrogens (primary N) is 1. The maximum atomic E-state index is 13.2. The SMILES string of the molecule is COC(=O)Nc1cc(-c2cccc(CN(CCCN)C(=O)N3CCOCC3)c2)ccc1N1CCC(C)CC1. The standard InChI is InChI=1S/C29H41N5O4/c1-22-9-13-32(14-10-22)27-8-7-25(20-26(27)31-28(35)37-2)24-6-3-5-23(19-24)21-34(12-4-11-30)29(36)33-15-17-38-18-16-33/h3,5-8,19-20,22H,4,9-18,21,30H2,1-2H3,(H,31,35). The first kappa shape index (κ1) is 27.7. The Morgan fingerprint density at radius 2 is 1.82 bits per heavy atom. The highest BCUT2D eigenvalue weighted by atomic mass is 16.5. The van der Waals surface area contributed by atoms with E-state index < -0.39 is 6.09 Å². The molecule has 0 aromatic heterocycles. The predicted octanol–water partition coefficient (Wildman–Crippen LogP) is 4.37. The average Bonchev–Trinajstić information content (AvgIpc) is 2.96. The van der Waals surface area contributed by atoms with E-state index in [-0.39, 0.29) is 6.03 Å². The first-order chi connectivity index (χ1) is 18.5. The van der Waals surface area contributed by atoms with Gasteiger partial charge in [0.25, 0.3) is 0 Å². The normalized spacial score (nSPS) is 16.3. The summed E-state index contributed by atoms with van der Waals surface area (Å²) in [5.41, 5.74) is 10.6. The zero-order valence-electron chi connectivity index (χ0n) is 22.7. The molecule has 0 aliphatic carbocycles. The van der Waals surface area contributed by atoms with E-state index in [1.165, 1.54) is 7.11 Å². The Kier molecular flexibility index (Phi) is 9.84. The van der Waals surface area contributed by atoms with Gasteiger partial charge in [-0.05, 0) is 66.6 Å². The molecule has 2 fully saturated rings. The molecule has 2 aromatic rings. The molecular weight excluding hydrogens is 482 g/mol. The summed E-state index contributed by atoms with van der Waals surface area (Å²) in [5, 5.41) is 2.92. The first-order valence-electron chi connectivity index (χ1n) is 13.6. The van der Waals surface area contributed by atoms with Crippen molar-refractivity contribution in [2.75, 3.05) is 69.8 Å². The monoisotopic (exact) mass is 523 g/mol. The lowest BCUT2D eigenvalue weighted by molar-refractivity contribution is 0.0425. The number of nitrogens with zero attached hydrogens (tertiary/aromatic N) is 3. The molecule has 2 saturated heterocycles. The van der Waals surface area contributed by atoms with Crippen molar-refractivity contribution in [2.45, 2.75) is 32.7 Å². The van der Waals surface area contributed by atoms with E-state index in [4.69, 9.17) is 15.2 Å². The van der Waals surface area contributed by atoms with Gasteiger partial charge in [0, 0.05) is 39.3 Å². The van der Waals surface area contributed by atoms with E-state index in [9.17, 15) is 9.59 Å². The maximum Gasteiger partial charge on any atom is 0.411 e. The van der Waals surface area contributed by atoms with Crippen molar-refractivity contribution in [1.82, 2.24) is 9.80 Å². The van der Waals surface area contributed by atoms with Gasteiger partial charge in [-0.3, -0.25) is 5.32 Å². The van der Waals surface area contributed by atoms with Crippen LogP contribution in [0.4, 0.5) is 21.0 Å². The molecule has 0 saturated carbocycles. The Bertz CT molecular complexity index is 1080. The molecule has 2 aromatic carbocycles. The zero-order valence-corrected chi connectivity index (χ0v) is 22.7. The van der Waals surface area contributed by atoms with Crippen molar-refractivity contribution in [1.29, 1.82) is 0 Å². The van der Waals surface area contributed by atoms with Crippen molar-refractivity contribution < 1.29 is 19.1 Å². The molecule has 2 aliphatic rings. The van der Waals surface area contributed by atoms with Crippen molar-refractivity contribution in [3.63, 3.8) is 0 Å². The van der Waals surface area contributed by atoms with Crippen molar-refractivity contribution in [3.05, 3.63) is 48.0 Å². The lowest BCUT2D eigenvalue weighted by atomic mass is 9.97. The second kappa shape index (κ2) is 13.5. The highest BCUT2D eigenvalue weighted by Gasteiger charge is 2.23. The van der Waals surface area contributed by atoms with Crippen molar-refractivity contribution in [2.24, 2.45) is 11.7 Å². The number of carbonyl (C=O) groups excluding carboxylic acids is 2. The molecule has 0 unspecified atom stereocenters. The molecular formula is C29H41N5O4. The summed E-state index contributed by atoms with van der Waals surface area (Å²) in [6, 6.07) is 14.4. The van der Waals surface area contributed by atoms with Crippen LogP contribution in [-0.2, 0) is 16.0 Å². The second-order valence-corrected chi connectivity index (χ2v) is 10.2. The molecule has 3 amide bonds. The highest BCUT2D eigenvalue weighted by molar-refractivity contribution is 5.91. The number of rotatable bonds is 8. The predicted molar refractivity (Wildman–Crippen MR) is 150 cm³/mol. The van der Waals surface area contributed by atoms with Gasteiger partial charge >= 0.3 is 12.1 Å². The fourth-order valence-corrected chi connectivity index (χ4v) is 5.05. The van der Waals surface area contributed by atoms with E-state index in [2.05, 4.69) is 41.4 Å². The number of amides is 3. The summed E-state index contributed by atoms with van der Waals surface area (Å²) in [4.78, 5) is 31.5.